The van der Waals surface area contributed by atoms with Crippen LogP contribution in [0.5, 0.6) is 17.2 Å². The van der Waals surface area contributed by atoms with Crippen LogP contribution in [0.4, 0.5) is 4.39 Å². The summed E-state index contributed by atoms with van der Waals surface area (Å²) in [5.74, 6) is -0.144. The number of carbonyl (C=O) groups is 1. The van der Waals surface area contributed by atoms with E-state index >= 15 is 0 Å². The van der Waals surface area contributed by atoms with Gasteiger partial charge in [-0.05, 0) is 55.0 Å². The molecule has 34 heavy (non-hydrogen) atoms. The summed E-state index contributed by atoms with van der Waals surface area (Å²) in [6.07, 6.45) is -0.686. The Morgan fingerprint density at radius 2 is 1.62 bits per heavy atom. The lowest BCUT2D eigenvalue weighted by Gasteiger charge is -2.22. The second-order valence-corrected chi connectivity index (χ2v) is 9.75. The number of esters is 1. The fourth-order valence-electron chi connectivity index (χ4n) is 3.80. The average Bonchev–Trinajstić information content (AvgIpc) is 3.27. The third-order valence-corrected chi connectivity index (χ3v) is 7.46. The Labute approximate surface area is 197 Å². The van der Waals surface area contributed by atoms with Crippen molar-refractivity contribution in [2.75, 3.05) is 13.7 Å². The zero-order valence-corrected chi connectivity index (χ0v) is 19.5. The molecule has 1 aliphatic heterocycles. The van der Waals surface area contributed by atoms with Crippen molar-refractivity contribution in [3.05, 3.63) is 84.2 Å². The predicted molar refractivity (Wildman–Crippen MR) is 123 cm³/mol. The maximum atomic E-state index is 14.0. The maximum absolute atomic E-state index is 14.0. The summed E-state index contributed by atoms with van der Waals surface area (Å²) in [5.41, 5.74) is 0.943. The Hall–Kier alpha value is -3.43. The van der Waals surface area contributed by atoms with E-state index in [9.17, 15) is 17.6 Å². The molecular weight excluding hydrogens is 461 g/mol. The molecule has 3 aromatic carbocycles. The number of rotatable bonds is 7. The van der Waals surface area contributed by atoms with Crippen molar-refractivity contribution in [1.82, 2.24) is 4.31 Å². The summed E-state index contributed by atoms with van der Waals surface area (Å²) in [6.45, 7) is 1.78. The van der Waals surface area contributed by atoms with E-state index in [0.717, 1.165) is 9.87 Å². The number of hydrogen-bond acceptors (Lipinski definition) is 6. The summed E-state index contributed by atoms with van der Waals surface area (Å²) >= 11 is 0. The second-order valence-electron chi connectivity index (χ2n) is 7.86. The number of para-hydroxylation sites is 2. The monoisotopic (exact) mass is 485 g/mol. The van der Waals surface area contributed by atoms with Crippen molar-refractivity contribution in [2.24, 2.45) is 0 Å². The minimum absolute atomic E-state index is 0.00642. The SMILES string of the molecule is COC(=O)C1CC(Oc2ccccc2F)CN1S(=O)(=O)c1ccc(Oc2ccccc2C)cc1. The maximum Gasteiger partial charge on any atom is 0.324 e. The van der Waals surface area contributed by atoms with E-state index in [1.165, 1.54) is 37.4 Å². The number of hydrogen-bond donors (Lipinski definition) is 0. The number of benzene rings is 3. The molecule has 9 heteroatoms. The molecule has 1 aliphatic rings. The highest BCUT2D eigenvalue weighted by Gasteiger charge is 2.45. The Morgan fingerprint density at radius 1 is 0.971 bits per heavy atom. The molecule has 178 valence electrons. The van der Waals surface area contributed by atoms with Crippen LogP contribution in [0.15, 0.2) is 77.7 Å². The third-order valence-electron chi connectivity index (χ3n) is 5.57. The van der Waals surface area contributed by atoms with Crippen LogP contribution in [0.2, 0.25) is 0 Å². The average molecular weight is 486 g/mol. The van der Waals surface area contributed by atoms with Crippen LogP contribution >= 0.6 is 0 Å². The molecule has 2 atom stereocenters. The van der Waals surface area contributed by atoms with E-state index < -0.39 is 34.0 Å². The van der Waals surface area contributed by atoms with Crippen LogP contribution in [-0.2, 0) is 19.6 Å². The molecule has 1 heterocycles. The Kier molecular flexibility index (Phi) is 6.85. The highest BCUT2D eigenvalue weighted by molar-refractivity contribution is 7.89. The van der Waals surface area contributed by atoms with Crippen LogP contribution in [0.25, 0.3) is 0 Å². The first-order valence-corrected chi connectivity index (χ1v) is 12.1. The van der Waals surface area contributed by atoms with Gasteiger partial charge in [0.2, 0.25) is 10.0 Å². The van der Waals surface area contributed by atoms with Gasteiger partial charge in [0, 0.05) is 6.42 Å². The van der Waals surface area contributed by atoms with E-state index in [1.54, 1.807) is 18.2 Å². The molecule has 4 rings (SSSR count). The molecule has 0 N–H and O–H groups in total. The Bertz CT molecular complexity index is 1280. The number of halogens is 1. The quantitative estimate of drug-likeness (QED) is 0.464. The predicted octanol–water partition coefficient (Wildman–Crippen LogP) is 4.31. The molecule has 0 radical (unpaired) electrons. The molecule has 3 aromatic rings. The molecule has 0 saturated carbocycles. The van der Waals surface area contributed by atoms with Gasteiger partial charge in [0.15, 0.2) is 11.6 Å². The first-order chi connectivity index (χ1) is 16.3. The first kappa shape index (κ1) is 23.7. The van der Waals surface area contributed by atoms with Gasteiger partial charge in [0.25, 0.3) is 0 Å². The zero-order valence-electron chi connectivity index (χ0n) is 18.7. The molecular formula is C25H24FNO6S. The lowest BCUT2D eigenvalue weighted by Crippen LogP contribution is -2.41. The van der Waals surface area contributed by atoms with Crippen molar-refractivity contribution in [2.45, 2.75) is 30.4 Å². The van der Waals surface area contributed by atoms with E-state index in [4.69, 9.17) is 14.2 Å². The molecule has 7 nitrogen and oxygen atoms in total. The summed E-state index contributed by atoms with van der Waals surface area (Å²) in [5, 5.41) is 0. The summed E-state index contributed by atoms with van der Waals surface area (Å²) in [4.78, 5) is 12.4. The number of ether oxygens (including phenoxy) is 3. The van der Waals surface area contributed by atoms with Crippen LogP contribution in [-0.4, -0.2) is 44.5 Å². The molecule has 2 unspecified atom stereocenters. The highest BCUT2D eigenvalue weighted by atomic mass is 32.2. The van der Waals surface area contributed by atoms with Gasteiger partial charge in [-0.25, -0.2) is 12.8 Å². The molecule has 1 fully saturated rings. The fourth-order valence-corrected chi connectivity index (χ4v) is 5.42. The first-order valence-electron chi connectivity index (χ1n) is 10.6. The van der Waals surface area contributed by atoms with Gasteiger partial charge in [0.1, 0.15) is 23.6 Å². The van der Waals surface area contributed by atoms with E-state index in [0.29, 0.717) is 11.5 Å². The van der Waals surface area contributed by atoms with E-state index in [1.807, 2.05) is 31.2 Å². The fraction of sp³-hybridized carbons (Fsp3) is 0.240. The number of methoxy groups -OCH3 is 1. The molecule has 0 bridgehead atoms. The molecule has 0 spiro atoms. The zero-order chi connectivity index (χ0) is 24.3. The van der Waals surface area contributed by atoms with Crippen LogP contribution in [0.3, 0.4) is 0 Å². The van der Waals surface area contributed by atoms with Crippen LogP contribution in [0, 0.1) is 12.7 Å². The molecule has 0 aliphatic carbocycles. The summed E-state index contributed by atoms with van der Waals surface area (Å²) < 4.78 is 58.2. The van der Waals surface area contributed by atoms with Crippen molar-refractivity contribution in [1.29, 1.82) is 0 Å². The smallest absolute Gasteiger partial charge is 0.324 e. The number of nitrogens with zero attached hydrogens (tertiary/aromatic N) is 1. The van der Waals surface area contributed by atoms with Gasteiger partial charge in [0.05, 0.1) is 18.6 Å². The lowest BCUT2D eigenvalue weighted by molar-refractivity contribution is -0.144. The molecule has 0 aromatic heterocycles. The Balaban J connectivity index is 1.55. The highest BCUT2D eigenvalue weighted by Crippen LogP contribution is 2.32. The number of sulfonamides is 1. The number of carbonyl (C=O) groups excluding carboxylic acids is 1. The topological polar surface area (TPSA) is 82.1 Å². The standard InChI is InChI=1S/C25H24FNO6S/c1-17-7-3-5-9-23(17)32-18-11-13-20(14-12-18)34(29,30)27-16-19(15-22(27)25(28)31-2)33-24-10-6-4-8-21(24)26/h3-14,19,22H,15-16H2,1-2H3. The molecule has 1 saturated heterocycles. The van der Waals surface area contributed by atoms with Gasteiger partial charge in [-0.3, -0.25) is 4.79 Å². The van der Waals surface area contributed by atoms with Crippen molar-refractivity contribution < 1.29 is 31.8 Å². The number of aryl methyl sites for hydroxylation is 1. The van der Waals surface area contributed by atoms with Crippen molar-refractivity contribution in [3.8, 4) is 17.2 Å². The van der Waals surface area contributed by atoms with E-state index in [-0.39, 0.29) is 23.6 Å². The minimum Gasteiger partial charge on any atom is -0.486 e. The van der Waals surface area contributed by atoms with Gasteiger partial charge in [-0.2, -0.15) is 4.31 Å². The minimum atomic E-state index is -4.07. The van der Waals surface area contributed by atoms with Gasteiger partial charge in [-0.15, -0.1) is 0 Å². The normalized spacial score (nSPS) is 18.4. The lowest BCUT2D eigenvalue weighted by atomic mass is 10.2. The van der Waals surface area contributed by atoms with Crippen LogP contribution < -0.4 is 9.47 Å². The van der Waals surface area contributed by atoms with Gasteiger partial charge in [-0.1, -0.05) is 30.3 Å². The largest absolute Gasteiger partial charge is 0.486 e. The summed E-state index contributed by atoms with van der Waals surface area (Å²) in [6, 6.07) is 18.2. The Morgan fingerprint density at radius 3 is 2.26 bits per heavy atom. The van der Waals surface area contributed by atoms with Crippen LogP contribution in [0.1, 0.15) is 12.0 Å². The third kappa shape index (κ3) is 4.90. The second kappa shape index (κ2) is 9.82. The van der Waals surface area contributed by atoms with Crippen molar-refractivity contribution in [3.63, 3.8) is 0 Å². The summed E-state index contributed by atoms with van der Waals surface area (Å²) in [7, 11) is -2.88. The van der Waals surface area contributed by atoms with Crippen molar-refractivity contribution >= 4 is 16.0 Å². The molecule has 0 amide bonds. The van der Waals surface area contributed by atoms with Gasteiger partial charge >= 0.3 is 5.97 Å². The van der Waals surface area contributed by atoms with E-state index in [2.05, 4.69) is 0 Å². The van der Waals surface area contributed by atoms with Gasteiger partial charge < -0.3 is 14.2 Å².